The Morgan fingerprint density at radius 1 is 1.06 bits per heavy atom. The topological polar surface area (TPSA) is 57.1 Å². The molecule has 6 heteroatoms. The fraction of sp³-hybridized carbons (Fsp3) is 0.533. The molecule has 5 nitrogen and oxygen atoms in total. The van der Waals surface area contributed by atoms with Gasteiger partial charge in [0, 0.05) is 5.56 Å². The predicted molar refractivity (Wildman–Crippen MR) is 146 cm³/mol. The summed E-state index contributed by atoms with van der Waals surface area (Å²) in [4.78, 5) is 17.0. The average molecular weight is 489 g/mol. The van der Waals surface area contributed by atoms with E-state index in [1.54, 1.807) is 0 Å². The molecule has 0 radical (unpaired) electrons. The summed E-state index contributed by atoms with van der Waals surface area (Å²) in [6, 6.07) is 12.4. The number of aryl methyl sites for hydroxylation is 1. The van der Waals surface area contributed by atoms with Crippen molar-refractivity contribution in [3.63, 3.8) is 0 Å². The minimum atomic E-state index is -0.388. The number of hydrogen-bond acceptors (Lipinski definition) is 5. The first-order chi connectivity index (χ1) is 17.1. The fourth-order valence-corrected chi connectivity index (χ4v) is 5.18. The number of benzene rings is 2. The Hall–Kier alpha value is -2.44. The van der Waals surface area contributed by atoms with E-state index in [0.717, 1.165) is 46.1 Å². The highest BCUT2D eigenvalue weighted by Crippen LogP contribution is 2.38. The lowest BCUT2D eigenvalue weighted by Crippen LogP contribution is -2.41. The van der Waals surface area contributed by atoms with Gasteiger partial charge in [0.15, 0.2) is 0 Å². The second-order valence-electron chi connectivity index (χ2n) is 11.2. The Kier molecular flexibility index (Phi) is 8.06. The van der Waals surface area contributed by atoms with Gasteiger partial charge in [-0.1, -0.05) is 61.7 Å². The molecule has 192 valence electrons. The highest BCUT2D eigenvalue weighted by atomic mass is 16.7. The van der Waals surface area contributed by atoms with Gasteiger partial charge in [-0.05, 0) is 93.6 Å². The average Bonchev–Trinajstić information content (AvgIpc) is 3.10. The number of oxime groups is 1. The maximum absolute atomic E-state index is 11.2. The number of carbonyl (C=O) groups is 1. The molecule has 1 aliphatic carbocycles. The Morgan fingerprint density at radius 2 is 1.75 bits per heavy atom. The van der Waals surface area contributed by atoms with Crippen LogP contribution in [0.15, 0.2) is 41.6 Å². The first-order valence-electron chi connectivity index (χ1n) is 13.4. The van der Waals surface area contributed by atoms with Gasteiger partial charge in [0.2, 0.25) is 0 Å². The molecule has 0 aromatic heterocycles. The summed E-state index contributed by atoms with van der Waals surface area (Å²) in [6.45, 7) is 12.7. The summed E-state index contributed by atoms with van der Waals surface area (Å²) in [7, 11) is -0.388. The number of hydrogen-bond donors (Lipinski definition) is 0. The van der Waals surface area contributed by atoms with Gasteiger partial charge in [-0.2, -0.15) is 0 Å². The summed E-state index contributed by atoms with van der Waals surface area (Å²) in [5.41, 5.74) is 6.23. The molecule has 2 aromatic rings. The normalized spacial score (nSPS) is 19.9. The van der Waals surface area contributed by atoms with Gasteiger partial charge in [-0.25, -0.2) is 0 Å². The van der Waals surface area contributed by atoms with Crippen LogP contribution in [0, 0.1) is 0 Å². The molecule has 0 spiro atoms. The smallest absolute Gasteiger partial charge is 0.399 e. The molecule has 36 heavy (non-hydrogen) atoms. The molecular formula is C30H40BNO4. The zero-order valence-corrected chi connectivity index (χ0v) is 22.7. The van der Waals surface area contributed by atoms with Crippen LogP contribution >= 0.6 is 0 Å². The molecule has 1 saturated carbocycles. The summed E-state index contributed by atoms with van der Waals surface area (Å²) >= 11 is 0. The van der Waals surface area contributed by atoms with Crippen molar-refractivity contribution in [2.24, 2.45) is 5.16 Å². The number of aldehydes is 1. The third-order valence-corrected chi connectivity index (χ3v) is 8.20. The Labute approximate surface area is 216 Å². The van der Waals surface area contributed by atoms with E-state index in [9.17, 15) is 4.79 Å². The van der Waals surface area contributed by atoms with Crippen LogP contribution < -0.4 is 5.46 Å². The van der Waals surface area contributed by atoms with Crippen LogP contribution in [0.2, 0.25) is 0 Å². The molecule has 1 aliphatic heterocycles. The van der Waals surface area contributed by atoms with E-state index < -0.39 is 0 Å². The summed E-state index contributed by atoms with van der Waals surface area (Å²) in [6.07, 6.45) is 8.01. The molecule has 0 unspecified atom stereocenters. The number of rotatable bonds is 8. The second kappa shape index (κ2) is 10.9. The van der Waals surface area contributed by atoms with Crippen LogP contribution in [0.5, 0.6) is 0 Å². The minimum absolute atomic E-state index is 0.363. The van der Waals surface area contributed by atoms with Crippen molar-refractivity contribution in [3.8, 4) is 0 Å². The van der Waals surface area contributed by atoms with Crippen LogP contribution in [-0.2, 0) is 27.2 Å². The Bertz CT molecular complexity index is 1100. The van der Waals surface area contributed by atoms with Crippen LogP contribution in [-0.4, -0.2) is 30.3 Å². The van der Waals surface area contributed by atoms with Gasteiger partial charge in [0.05, 0.1) is 16.9 Å². The predicted octanol–water partition coefficient (Wildman–Crippen LogP) is 6.35. The van der Waals surface area contributed by atoms with Crippen LogP contribution in [0.1, 0.15) is 112 Å². The van der Waals surface area contributed by atoms with Crippen molar-refractivity contribution in [2.75, 3.05) is 0 Å². The summed E-state index contributed by atoms with van der Waals surface area (Å²) < 4.78 is 12.9. The van der Waals surface area contributed by atoms with Crippen LogP contribution in [0.4, 0.5) is 0 Å². The largest absolute Gasteiger partial charge is 0.495 e. The number of nitrogens with zero attached hydrogens (tertiary/aromatic N) is 1. The molecule has 2 aliphatic rings. The molecule has 2 fully saturated rings. The molecule has 0 amide bonds. The van der Waals surface area contributed by atoms with E-state index in [-0.39, 0.29) is 18.3 Å². The Balaban J connectivity index is 1.54. The quantitative estimate of drug-likeness (QED) is 0.188. The maximum atomic E-state index is 11.2. The van der Waals surface area contributed by atoms with Crippen molar-refractivity contribution in [1.82, 2.24) is 0 Å². The van der Waals surface area contributed by atoms with E-state index >= 15 is 0 Å². The molecule has 1 heterocycles. The molecule has 0 atom stereocenters. The van der Waals surface area contributed by atoms with Crippen molar-refractivity contribution in [2.45, 2.75) is 104 Å². The third kappa shape index (κ3) is 5.60. The highest BCUT2D eigenvalue weighted by Gasteiger charge is 2.52. The highest BCUT2D eigenvalue weighted by molar-refractivity contribution is 6.62. The van der Waals surface area contributed by atoms with Crippen molar-refractivity contribution >= 4 is 24.6 Å². The molecule has 0 N–H and O–H groups in total. The summed E-state index contributed by atoms with van der Waals surface area (Å²) in [5, 5.41) is 4.37. The lowest BCUT2D eigenvalue weighted by atomic mass is 9.70. The zero-order valence-electron chi connectivity index (χ0n) is 22.7. The van der Waals surface area contributed by atoms with Gasteiger partial charge in [-0.15, -0.1) is 0 Å². The van der Waals surface area contributed by atoms with Gasteiger partial charge in [-0.3, -0.25) is 4.79 Å². The first-order valence-corrected chi connectivity index (χ1v) is 13.4. The third-order valence-electron chi connectivity index (χ3n) is 8.20. The standard InChI is InChI=1S/C30H40BNO4/c1-7-23-18-25(14-15-26(23)19-33)21(2)32-34-20-22-13-16-27(24-11-9-8-10-12-24)28(17-22)31-35-29(3,4)30(5,6)36-31/h13-19,24H,7-12,20H2,1-6H3. The number of carbonyl (C=O) groups excluding carboxylic acids is 1. The van der Waals surface area contributed by atoms with E-state index in [4.69, 9.17) is 14.1 Å². The molecular weight excluding hydrogens is 449 g/mol. The van der Waals surface area contributed by atoms with Crippen LogP contribution in [0.25, 0.3) is 0 Å². The van der Waals surface area contributed by atoms with Gasteiger partial charge >= 0.3 is 7.12 Å². The van der Waals surface area contributed by atoms with Crippen LogP contribution in [0.3, 0.4) is 0 Å². The first kappa shape index (κ1) is 26.6. The van der Waals surface area contributed by atoms with Crippen molar-refractivity contribution < 1.29 is 18.9 Å². The molecule has 2 aromatic carbocycles. The van der Waals surface area contributed by atoms with Gasteiger partial charge < -0.3 is 14.1 Å². The Morgan fingerprint density at radius 3 is 2.39 bits per heavy atom. The SMILES string of the molecule is CCc1cc(C(C)=NOCc2ccc(C3CCCCC3)c(B3OC(C)(C)C(C)(C)O3)c2)ccc1C=O. The summed E-state index contributed by atoms with van der Waals surface area (Å²) in [5.74, 6) is 0.546. The lowest BCUT2D eigenvalue weighted by Gasteiger charge is -2.32. The maximum Gasteiger partial charge on any atom is 0.495 e. The molecule has 1 saturated heterocycles. The van der Waals surface area contributed by atoms with E-state index in [0.29, 0.717) is 12.5 Å². The van der Waals surface area contributed by atoms with Gasteiger partial charge in [0.25, 0.3) is 0 Å². The van der Waals surface area contributed by atoms with E-state index in [1.807, 2.05) is 32.0 Å². The lowest BCUT2D eigenvalue weighted by molar-refractivity contribution is 0.00578. The molecule has 0 bridgehead atoms. The fourth-order valence-electron chi connectivity index (χ4n) is 5.18. The monoisotopic (exact) mass is 489 g/mol. The van der Waals surface area contributed by atoms with E-state index in [1.165, 1.54) is 37.7 Å². The minimum Gasteiger partial charge on any atom is -0.399 e. The zero-order chi connectivity index (χ0) is 25.9. The molecule has 4 rings (SSSR count). The van der Waals surface area contributed by atoms with Gasteiger partial charge in [0.1, 0.15) is 12.9 Å². The van der Waals surface area contributed by atoms with Crippen molar-refractivity contribution in [1.29, 1.82) is 0 Å². The second-order valence-corrected chi connectivity index (χ2v) is 11.2. The van der Waals surface area contributed by atoms with E-state index in [2.05, 4.69) is 51.0 Å². The van der Waals surface area contributed by atoms with Crippen molar-refractivity contribution in [3.05, 3.63) is 64.2 Å².